The maximum atomic E-state index is 13.1. The predicted octanol–water partition coefficient (Wildman–Crippen LogP) is 5.74. The average molecular weight is 413 g/mol. The molecule has 0 saturated carbocycles. The maximum absolute atomic E-state index is 13.1. The van der Waals surface area contributed by atoms with Gasteiger partial charge in [-0.15, -0.1) is 0 Å². The molecule has 0 amide bonds. The van der Waals surface area contributed by atoms with E-state index in [-0.39, 0.29) is 5.78 Å². The number of carbonyl (C=O) groups excluding carboxylic acids is 1. The molecule has 0 radical (unpaired) electrons. The van der Waals surface area contributed by atoms with E-state index < -0.39 is 0 Å². The lowest BCUT2D eigenvalue weighted by Crippen LogP contribution is -2.06. The summed E-state index contributed by atoms with van der Waals surface area (Å²) in [7, 11) is 0. The monoisotopic (exact) mass is 412 g/mol. The van der Waals surface area contributed by atoms with Crippen LogP contribution in [0.5, 0.6) is 23.0 Å². The zero-order valence-electron chi connectivity index (χ0n) is 18.6. The Morgan fingerprint density at radius 2 is 1.47 bits per heavy atom. The Bertz CT molecular complexity index is 870. The summed E-state index contributed by atoms with van der Waals surface area (Å²) in [5.74, 6) is 2.08. The SMILES string of the molecule is CCOc1cc(OCC)c(OCC)c(C(=O)C=Cc2cc(CC)ccc2OCC)c1. The van der Waals surface area contributed by atoms with E-state index in [0.717, 1.165) is 17.7 Å². The first-order valence-corrected chi connectivity index (χ1v) is 10.6. The number of ketones is 1. The molecule has 0 saturated heterocycles. The van der Waals surface area contributed by atoms with Crippen LogP contribution in [0.15, 0.2) is 36.4 Å². The van der Waals surface area contributed by atoms with Gasteiger partial charge in [0.25, 0.3) is 0 Å². The van der Waals surface area contributed by atoms with Crippen molar-refractivity contribution in [3.05, 3.63) is 53.1 Å². The van der Waals surface area contributed by atoms with E-state index in [9.17, 15) is 4.79 Å². The van der Waals surface area contributed by atoms with Crippen molar-refractivity contribution in [3.8, 4) is 23.0 Å². The van der Waals surface area contributed by atoms with Gasteiger partial charge in [-0.2, -0.15) is 0 Å². The maximum Gasteiger partial charge on any atom is 0.189 e. The van der Waals surface area contributed by atoms with Gasteiger partial charge in [0.05, 0.1) is 32.0 Å². The number of aryl methyl sites for hydroxylation is 1. The van der Waals surface area contributed by atoms with E-state index in [1.54, 1.807) is 24.3 Å². The summed E-state index contributed by atoms with van der Waals surface area (Å²) < 4.78 is 22.8. The standard InChI is InChI=1S/C25H32O5/c1-6-18-11-14-23(28-8-3)19(15-18)12-13-22(26)21-16-20(27-7-2)17-24(29-9-4)25(21)30-10-5/h11-17H,6-10H2,1-5H3. The minimum Gasteiger partial charge on any atom is -0.494 e. The molecule has 0 heterocycles. The van der Waals surface area contributed by atoms with Crippen LogP contribution in [0.3, 0.4) is 0 Å². The number of benzene rings is 2. The smallest absolute Gasteiger partial charge is 0.189 e. The van der Waals surface area contributed by atoms with Crippen LogP contribution in [-0.4, -0.2) is 32.2 Å². The van der Waals surface area contributed by atoms with Crippen LogP contribution < -0.4 is 18.9 Å². The highest BCUT2D eigenvalue weighted by Gasteiger charge is 2.19. The van der Waals surface area contributed by atoms with E-state index in [2.05, 4.69) is 6.92 Å². The van der Waals surface area contributed by atoms with Gasteiger partial charge >= 0.3 is 0 Å². The van der Waals surface area contributed by atoms with Gasteiger partial charge in [0.1, 0.15) is 11.5 Å². The molecule has 30 heavy (non-hydrogen) atoms. The number of allylic oxidation sites excluding steroid dienone is 1. The van der Waals surface area contributed by atoms with Crippen molar-refractivity contribution in [2.75, 3.05) is 26.4 Å². The predicted molar refractivity (Wildman–Crippen MR) is 120 cm³/mol. The Morgan fingerprint density at radius 3 is 2.10 bits per heavy atom. The van der Waals surface area contributed by atoms with Crippen LogP contribution in [0.25, 0.3) is 6.08 Å². The number of rotatable bonds is 12. The molecular formula is C25H32O5. The van der Waals surface area contributed by atoms with E-state index in [1.807, 2.05) is 45.9 Å². The normalized spacial score (nSPS) is 10.8. The molecule has 0 aromatic heterocycles. The Hall–Kier alpha value is -2.95. The van der Waals surface area contributed by atoms with Crippen LogP contribution in [0.2, 0.25) is 0 Å². The third-order valence-corrected chi connectivity index (χ3v) is 4.39. The molecule has 0 unspecified atom stereocenters. The van der Waals surface area contributed by atoms with Gasteiger partial charge in [-0.1, -0.05) is 13.0 Å². The first kappa shape index (κ1) is 23.3. The number of hydrogen-bond donors (Lipinski definition) is 0. The van der Waals surface area contributed by atoms with Crippen molar-refractivity contribution in [3.63, 3.8) is 0 Å². The topological polar surface area (TPSA) is 54.0 Å². The summed E-state index contributed by atoms with van der Waals surface area (Å²) in [6.45, 7) is 11.6. The Labute approximate surface area is 179 Å². The molecule has 5 nitrogen and oxygen atoms in total. The molecular weight excluding hydrogens is 380 g/mol. The largest absolute Gasteiger partial charge is 0.494 e. The Balaban J connectivity index is 2.46. The molecule has 0 aliphatic rings. The number of ether oxygens (including phenoxy) is 4. The van der Waals surface area contributed by atoms with Gasteiger partial charge in [-0.3, -0.25) is 4.79 Å². The molecule has 0 atom stereocenters. The molecule has 0 N–H and O–H groups in total. The second-order valence-electron chi connectivity index (χ2n) is 6.45. The van der Waals surface area contributed by atoms with Crippen molar-refractivity contribution in [2.45, 2.75) is 41.0 Å². The van der Waals surface area contributed by atoms with Crippen LogP contribution in [0.1, 0.15) is 56.1 Å². The summed E-state index contributed by atoms with van der Waals surface area (Å²) in [6.07, 6.45) is 4.24. The van der Waals surface area contributed by atoms with Gasteiger partial charge in [0.2, 0.25) is 0 Å². The average Bonchev–Trinajstić information content (AvgIpc) is 2.75. The summed E-state index contributed by atoms with van der Waals surface area (Å²) >= 11 is 0. The molecule has 0 aliphatic heterocycles. The third-order valence-electron chi connectivity index (χ3n) is 4.39. The lowest BCUT2D eigenvalue weighted by Gasteiger charge is -2.16. The number of carbonyl (C=O) groups is 1. The van der Waals surface area contributed by atoms with Gasteiger partial charge in [0, 0.05) is 11.6 Å². The Kier molecular flexibility index (Phi) is 9.26. The van der Waals surface area contributed by atoms with E-state index in [4.69, 9.17) is 18.9 Å². The summed E-state index contributed by atoms with van der Waals surface area (Å²) in [5.41, 5.74) is 2.46. The van der Waals surface area contributed by atoms with Crippen molar-refractivity contribution in [2.24, 2.45) is 0 Å². The molecule has 2 aromatic rings. The molecule has 2 rings (SSSR count). The second kappa shape index (κ2) is 11.9. The zero-order valence-corrected chi connectivity index (χ0v) is 18.6. The minimum absolute atomic E-state index is 0.190. The fourth-order valence-electron chi connectivity index (χ4n) is 3.06. The highest BCUT2D eigenvalue weighted by atomic mass is 16.5. The molecule has 2 aromatic carbocycles. The van der Waals surface area contributed by atoms with Crippen LogP contribution in [-0.2, 0) is 6.42 Å². The van der Waals surface area contributed by atoms with Gasteiger partial charge in [-0.05, 0) is 70.0 Å². The van der Waals surface area contributed by atoms with Crippen molar-refractivity contribution in [1.82, 2.24) is 0 Å². The molecule has 162 valence electrons. The Morgan fingerprint density at radius 1 is 0.800 bits per heavy atom. The minimum atomic E-state index is -0.190. The molecule has 0 aliphatic carbocycles. The summed E-state index contributed by atoms with van der Waals surface area (Å²) in [5, 5.41) is 0. The fourth-order valence-corrected chi connectivity index (χ4v) is 3.06. The van der Waals surface area contributed by atoms with Crippen LogP contribution in [0.4, 0.5) is 0 Å². The van der Waals surface area contributed by atoms with Gasteiger partial charge in [0.15, 0.2) is 17.3 Å². The lowest BCUT2D eigenvalue weighted by molar-refractivity contribution is 0.104. The van der Waals surface area contributed by atoms with Gasteiger partial charge in [-0.25, -0.2) is 0 Å². The third kappa shape index (κ3) is 6.02. The second-order valence-corrected chi connectivity index (χ2v) is 6.45. The van der Waals surface area contributed by atoms with Crippen molar-refractivity contribution in [1.29, 1.82) is 0 Å². The van der Waals surface area contributed by atoms with Crippen LogP contribution in [0, 0.1) is 0 Å². The first-order valence-electron chi connectivity index (χ1n) is 10.6. The van der Waals surface area contributed by atoms with Crippen molar-refractivity contribution < 1.29 is 23.7 Å². The molecule has 5 heteroatoms. The van der Waals surface area contributed by atoms with E-state index in [1.165, 1.54) is 5.56 Å². The summed E-state index contributed by atoms with van der Waals surface area (Å²) in [6, 6.07) is 9.49. The summed E-state index contributed by atoms with van der Waals surface area (Å²) in [4.78, 5) is 13.1. The fraction of sp³-hybridized carbons (Fsp3) is 0.400. The highest BCUT2D eigenvalue weighted by Crippen LogP contribution is 2.37. The van der Waals surface area contributed by atoms with Gasteiger partial charge < -0.3 is 18.9 Å². The highest BCUT2D eigenvalue weighted by molar-refractivity contribution is 6.09. The lowest BCUT2D eigenvalue weighted by atomic mass is 10.0. The molecule has 0 fully saturated rings. The van der Waals surface area contributed by atoms with Crippen LogP contribution >= 0.6 is 0 Å². The first-order chi connectivity index (χ1) is 14.6. The molecule has 0 bridgehead atoms. The van der Waals surface area contributed by atoms with E-state index in [0.29, 0.717) is 49.2 Å². The van der Waals surface area contributed by atoms with E-state index >= 15 is 0 Å². The quantitative estimate of drug-likeness (QED) is 0.329. The zero-order chi connectivity index (χ0) is 21.9. The molecule has 0 spiro atoms. The number of hydrogen-bond acceptors (Lipinski definition) is 5. The van der Waals surface area contributed by atoms with Crippen molar-refractivity contribution >= 4 is 11.9 Å².